The molecule has 1 aromatic heterocycles. The highest BCUT2D eigenvalue weighted by atomic mass is 19.1. The molecule has 0 amide bonds. The lowest BCUT2D eigenvalue weighted by atomic mass is 10.0. The maximum Gasteiger partial charge on any atom is 0.269 e. The standard InChI is InChI=1S/C25H27FN4O/c1-3-19-6-7-23-24(15-19)30(25(31)17-28-23)13-12-29-10-8-21(9-11-29)27-16-20-5-4-18(2)22(26)14-20/h1,4-7,14-15,17,21,27H,8-13,16H2,2H3. The van der Waals surface area contributed by atoms with E-state index in [1.165, 1.54) is 6.20 Å². The van der Waals surface area contributed by atoms with Crippen LogP contribution in [0.3, 0.4) is 0 Å². The van der Waals surface area contributed by atoms with Crippen LogP contribution in [0.1, 0.15) is 29.5 Å². The maximum absolute atomic E-state index is 13.7. The summed E-state index contributed by atoms with van der Waals surface area (Å²) in [6, 6.07) is 11.4. The molecule has 31 heavy (non-hydrogen) atoms. The monoisotopic (exact) mass is 418 g/mol. The summed E-state index contributed by atoms with van der Waals surface area (Å²) in [5, 5.41) is 3.55. The molecule has 160 valence electrons. The first-order valence-corrected chi connectivity index (χ1v) is 10.7. The van der Waals surface area contributed by atoms with Crippen molar-refractivity contribution in [1.29, 1.82) is 0 Å². The fourth-order valence-electron chi connectivity index (χ4n) is 4.09. The number of terminal acetylenes is 1. The number of halogens is 1. The van der Waals surface area contributed by atoms with Crippen molar-refractivity contribution in [2.45, 2.75) is 38.9 Å². The van der Waals surface area contributed by atoms with E-state index in [0.29, 0.717) is 24.7 Å². The Morgan fingerprint density at radius 2 is 2.00 bits per heavy atom. The van der Waals surface area contributed by atoms with E-state index < -0.39 is 0 Å². The van der Waals surface area contributed by atoms with Crippen LogP contribution in [0, 0.1) is 25.1 Å². The summed E-state index contributed by atoms with van der Waals surface area (Å²) in [7, 11) is 0. The predicted octanol–water partition coefficient (Wildman–Crippen LogP) is 3.08. The highest BCUT2D eigenvalue weighted by molar-refractivity contribution is 5.76. The molecule has 0 bridgehead atoms. The first kappa shape index (κ1) is 21.2. The highest BCUT2D eigenvalue weighted by Gasteiger charge is 2.19. The summed E-state index contributed by atoms with van der Waals surface area (Å²) in [5.74, 6) is 2.47. The Hall–Kier alpha value is -3.01. The second-order valence-corrected chi connectivity index (χ2v) is 8.18. The second kappa shape index (κ2) is 9.42. The van der Waals surface area contributed by atoms with Gasteiger partial charge in [0, 0.05) is 31.2 Å². The Bertz CT molecular complexity index is 1170. The number of aromatic nitrogens is 2. The third kappa shape index (κ3) is 5.01. The number of nitrogens with zero attached hydrogens (tertiary/aromatic N) is 3. The number of piperidine rings is 1. The Labute approximate surface area is 181 Å². The van der Waals surface area contributed by atoms with Crippen LogP contribution in [-0.4, -0.2) is 40.1 Å². The van der Waals surface area contributed by atoms with Crippen molar-refractivity contribution in [1.82, 2.24) is 19.8 Å². The van der Waals surface area contributed by atoms with Crippen LogP contribution >= 0.6 is 0 Å². The molecular weight excluding hydrogens is 391 g/mol. The maximum atomic E-state index is 13.7. The van der Waals surface area contributed by atoms with E-state index in [2.05, 4.69) is 21.1 Å². The second-order valence-electron chi connectivity index (χ2n) is 8.18. The molecule has 0 atom stereocenters. The van der Waals surface area contributed by atoms with E-state index in [1.807, 2.05) is 30.3 Å². The van der Waals surface area contributed by atoms with Crippen molar-refractivity contribution >= 4 is 11.0 Å². The van der Waals surface area contributed by atoms with Crippen molar-refractivity contribution in [3.05, 3.63) is 75.5 Å². The first-order valence-electron chi connectivity index (χ1n) is 10.7. The smallest absolute Gasteiger partial charge is 0.269 e. The lowest BCUT2D eigenvalue weighted by Crippen LogP contribution is -2.43. The van der Waals surface area contributed by atoms with Gasteiger partial charge in [0.1, 0.15) is 5.82 Å². The Morgan fingerprint density at radius 1 is 1.19 bits per heavy atom. The molecule has 5 nitrogen and oxygen atoms in total. The third-order valence-corrected chi connectivity index (χ3v) is 6.07. The van der Waals surface area contributed by atoms with Crippen LogP contribution in [0.2, 0.25) is 0 Å². The summed E-state index contributed by atoms with van der Waals surface area (Å²) >= 11 is 0. The van der Waals surface area contributed by atoms with E-state index in [-0.39, 0.29) is 11.4 Å². The molecule has 1 aliphatic rings. The predicted molar refractivity (Wildman–Crippen MR) is 121 cm³/mol. The Morgan fingerprint density at radius 3 is 2.74 bits per heavy atom. The third-order valence-electron chi connectivity index (χ3n) is 6.07. The van der Waals surface area contributed by atoms with Gasteiger partial charge in [0.05, 0.1) is 17.2 Å². The molecular formula is C25H27FN4O. The van der Waals surface area contributed by atoms with Crippen LogP contribution in [0.4, 0.5) is 4.39 Å². The van der Waals surface area contributed by atoms with Gasteiger partial charge in [-0.15, -0.1) is 6.42 Å². The lowest BCUT2D eigenvalue weighted by Gasteiger charge is -2.32. The van der Waals surface area contributed by atoms with E-state index in [4.69, 9.17) is 6.42 Å². The Kier molecular flexibility index (Phi) is 6.45. The van der Waals surface area contributed by atoms with Crippen molar-refractivity contribution < 1.29 is 4.39 Å². The summed E-state index contributed by atoms with van der Waals surface area (Å²) in [6.45, 7) is 5.79. The van der Waals surface area contributed by atoms with Gasteiger partial charge in [-0.3, -0.25) is 4.79 Å². The number of fused-ring (bicyclic) bond motifs is 1. The number of likely N-dealkylation sites (tertiary alicyclic amines) is 1. The molecule has 0 aliphatic carbocycles. The van der Waals surface area contributed by atoms with Crippen molar-refractivity contribution in [2.24, 2.45) is 0 Å². The largest absolute Gasteiger partial charge is 0.310 e. The summed E-state index contributed by atoms with van der Waals surface area (Å²) in [5.41, 5.74) is 3.84. The highest BCUT2D eigenvalue weighted by Crippen LogP contribution is 2.15. The normalized spacial score (nSPS) is 15.3. The minimum absolute atomic E-state index is 0.108. The minimum atomic E-state index is -0.151. The average molecular weight is 419 g/mol. The average Bonchev–Trinajstić information content (AvgIpc) is 2.79. The van der Waals surface area contributed by atoms with Gasteiger partial charge in [-0.05, 0) is 68.2 Å². The van der Waals surface area contributed by atoms with E-state index in [9.17, 15) is 9.18 Å². The van der Waals surface area contributed by atoms with Gasteiger partial charge in [0.15, 0.2) is 0 Å². The van der Waals surface area contributed by atoms with E-state index in [0.717, 1.165) is 54.6 Å². The van der Waals surface area contributed by atoms with Crippen LogP contribution in [0.5, 0.6) is 0 Å². The van der Waals surface area contributed by atoms with Crippen LogP contribution in [0.15, 0.2) is 47.4 Å². The molecule has 1 saturated heterocycles. The zero-order chi connectivity index (χ0) is 21.8. The van der Waals surface area contributed by atoms with Crippen molar-refractivity contribution in [3.8, 4) is 12.3 Å². The summed E-state index contributed by atoms with van der Waals surface area (Å²) in [4.78, 5) is 19.0. The van der Waals surface area contributed by atoms with Gasteiger partial charge in [0.25, 0.3) is 5.56 Å². The van der Waals surface area contributed by atoms with Gasteiger partial charge >= 0.3 is 0 Å². The number of benzene rings is 2. The van der Waals surface area contributed by atoms with E-state index >= 15 is 0 Å². The van der Waals surface area contributed by atoms with Gasteiger partial charge in [-0.2, -0.15) is 0 Å². The first-order chi connectivity index (χ1) is 15.0. The number of aryl methyl sites for hydroxylation is 1. The van der Waals surface area contributed by atoms with Gasteiger partial charge in [0.2, 0.25) is 0 Å². The molecule has 0 radical (unpaired) electrons. The molecule has 2 aromatic carbocycles. The van der Waals surface area contributed by atoms with Crippen molar-refractivity contribution in [2.75, 3.05) is 19.6 Å². The van der Waals surface area contributed by atoms with Gasteiger partial charge < -0.3 is 14.8 Å². The molecule has 0 unspecified atom stereocenters. The Balaban J connectivity index is 1.31. The summed E-state index contributed by atoms with van der Waals surface area (Å²) < 4.78 is 15.5. The molecule has 6 heteroatoms. The van der Waals surface area contributed by atoms with Gasteiger partial charge in [-0.25, -0.2) is 9.37 Å². The minimum Gasteiger partial charge on any atom is -0.310 e. The zero-order valence-corrected chi connectivity index (χ0v) is 17.8. The zero-order valence-electron chi connectivity index (χ0n) is 17.8. The lowest BCUT2D eigenvalue weighted by molar-refractivity contribution is 0.191. The molecule has 2 heterocycles. The van der Waals surface area contributed by atoms with Crippen LogP contribution < -0.4 is 10.9 Å². The van der Waals surface area contributed by atoms with Gasteiger partial charge in [-0.1, -0.05) is 18.1 Å². The topological polar surface area (TPSA) is 50.2 Å². The van der Waals surface area contributed by atoms with E-state index in [1.54, 1.807) is 17.6 Å². The molecule has 3 aromatic rings. The number of rotatable bonds is 6. The summed E-state index contributed by atoms with van der Waals surface area (Å²) in [6.07, 6.45) is 8.95. The number of hydrogen-bond acceptors (Lipinski definition) is 4. The SMILES string of the molecule is C#Cc1ccc2ncc(=O)n(CCN3CCC(NCc4ccc(C)c(F)c4)CC3)c2c1. The molecule has 1 N–H and O–H groups in total. The molecule has 1 aliphatic heterocycles. The molecule has 4 rings (SSSR count). The fourth-order valence-corrected chi connectivity index (χ4v) is 4.09. The number of nitrogens with one attached hydrogen (secondary N) is 1. The fraction of sp³-hybridized carbons (Fsp3) is 0.360. The molecule has 0 spiro atoms. The van der Waals surface area contributed by atoms with Crippen LogP contribution in [0.25, 0.3) is 11.0 Å². The number of hydrogen-bond donors (Lipinski definition) is 1. The quantitative estimate of drug-likeness (QED) is 0.625. The van der Waals surface area contributed by atoms with Crippen molar-refractivity contribution in [3.63, 3.8) is 0 Å². The van der Waals surface area contributed by atoms with Crippen LogP contribution in [-0.2, 0) is 13.1 Å². The molecule has 0 saturated carbocycles. The molecule has 1 fully saturated rings.